The molecular weight excluding hydrogens is 266 g/mol. The summed E-state index contributed by atoms with van der Waals surface area (Å²) in [6.07, 6.45) is 2.11. The van der Waals surface area contributed by atoms with E-state index in [1.54, 1.807) is 11.8 Å². The zero-order valence-electron chi connectivity index (χ0n) is 12.2. The van der Waals surface area contributed by atoms with E-state index in [1.165, 1.54) is 16.0 Å². The third-order valence-corrected chi connectivity index (χ3v) is 4.05. The summed E-state index contributed by atoms with van der Waals surface area (Å²) >= 11 is 1.78. The summed E-state index contributed by atoms with van der Waals surface area (Å²) in [5.74, 6) is 0.923. The predicted molar refractivity (Wildman–Crippen MR) is 86.7 cm³/mol. The van der Waals surface area contributed by atoms with Crippen LogP contribution in [0.25, 0.3) is 0 Å². The second kappa shape index (κ2) is 7.36. The van der Waals surface area contributed by atoms with Crippen LogP contribution < -0.4 is 10.1 Å². The number of benzene rings is 2. The van der Waals surface area contributed by atoms with Gasteiger partial charge in [-0.05, 0) is 49.6 Å². The highest BCUT2D eigenvalue weighted by Crippen LogP contribution is 2.31. The molecule has 0 saturated carbocycles. The molecule has 1 atom stereocenters. The average Bonchev–Trinajstić information content (AvgIpc) is 2.49. The molecule has 106 valence electrons. The van der Waals surface area contributed by atoms with Crippen molar-refractivity contribution in [2.24, 2.45) is 0 Å². The zero-order valence-corrected chi connectivity index (χ0v) is 13.0. The number of hydrogen-bond donors (Lipinski definition) is 1. The summed E-state index contributed by atoms with van der Waals surface area (Å²) in [6.45, 7) is 2.69. The van der Waals surface area contributed by atoms with Crippen molar-refractivity contribution in [2.75, 3.05) is 19.9 Å². The Morgan fingerprint density at radius 2 is 1.95 bits per heavy atom. The van der Waals surface area contributed by atoms with Gasteiger partial charge in [0, 0.05) is 4.90 Å². The maximum atomic E-state index is 5.60. The Morgan fingerprint density at radius 3 is 2.65 bits per heavy atom. The summed E-state index contributed by atoms with van der Waals surface area (Å²) in [7, 11) is 2.00. The molecule has 0 aliphatic carbocycles. The van der Waals surface area contributed by atoms with Crippen molar-refractivity contribution in [1.29, 1.82) is 0 Å². The van der Waals surface area contributed by atoms with Crippen molar-refractivity contribution in [1.82, 2.24) is 5.32 Å². The number of rotatable bonds is 6. The lowest BCUT2D eigenvalue weighted by atomic mass is 9.98. The summed E-state index contributed by atoms with van der Waals surface area (Å²) in [5, 5.41) is 3.41. The van der Waals surface area contributed by atoms with Gasteiger partial charge in [-0.1, -0.05) is 30.3 Å². The molecule has 0 bridgehead atoms. The first kappa shape index (κ1) is 14.9. The lowest BCUT2D eigenvalue weighted by Crippen LogP contribution is -2.18. The van der Waals surface area contributed by atoms with Gasteiger partial charge in [-0.25, -0.2) is 0 Å². The van der Waals surface area contributed by atoms with Gasteiger partial charge in [-0.2, -0.15) is 0 Å². The normalized spacial score (nSPS) is 12.2. The van der Waals surface area contributed by atoms with Crippen LogP contribution in [0.4, 0.5) is 0 Å². The molecule has 1 N–H and O–H groups in total. The topological polar surface area (TPSA) is 21.3 Å². The molecule has 0 spiro atoms. The number of hydrogen-bond acceptors (Lipinski definition) is 3. The molecule has 2 aromatic rings. The number of ether oxygens (including phenoxy) is 1. The molecule has 0 aromatic heterocycles. The summed E-state index contributed by atoms with van der Waals surface area (Å²) in [6, 6.07) is 17.0. The minimum absolute atomic E-state index is 0.180. The molecular formula is C17H21NOS. The van der Waals surface area contributed by atoms with E-state index in [4.69, 9.17) is 4.74 Å². The Balaban J connectivity index is 2.39. The summed E-state index contributed by atoms with van der Waals surface area (Å²) < 4.78 is 5.60. The SMILES string of the molecule is CCOc1cccc(C(NC)c2ccccc2SC)c1. The van der Waals surface area contributed by atoms with Crippen molar-refractivity contribution >= 4 is 11.8 Å². The van der Waals surface area contributed by atoms with Gasteiger partial charge in [0.05, 0.1) is 12.6 Å². The van der Waals surface area contributed by atoms with E-state index in [1.807, 2.05) is 26.1 Å². The first-order valence-electron chi connectivity index (χ1n) is 6.83. The highest BCUT2D eigenvalue weighted by molar-refractivity contribution is 7.98. The van der Waals surface area contributed by atoms with Gasteiger partial charge in [0.2, 0.25) is 0 Å². The Labute approximate surface area is 125 Å². The van der Waals surface area contributed by atoms with Crippen LogP contribution in [0.15, 0.2) is 53.4 Å². The van der Waals surface area contributed by atoms with Gasteiger partial charge in [0.15, 0.2) is 0 Å². The predicted octanol–water partition coefficient (Wildman–Crippen LogP) is 4.12. The van der Waals surface area contributed by atoms with E-state index >= 15 is 0 Å². The zero-order chi connectivity index (χ0) is 14.4. The minimum atomic E-state index is 0.180. The molecule has 0 radical (unpaired) electrons. The van der Waals surface area contributed by atoms with Crippen LogP contribution in [-0.4, -0.2) is 19.9 Å². The molecule has 0 aliphatic heterocycles. The fraction of sp³-hybridized carbons (Fsp3) is 0.294. The van der Waals surface area contributed by atoms with Crippen LogP contribution in [0, 0.1) is 0 Å². The summed E-state index contributed by atoms with van der Waals surface area (Å²) in [4.78, 5) is 1.30. The van der Waals surface area contributed by atoms with Gasteiger partial charge < -0.3 is 10.1 Å². The molecule has 2 rings (SSSR count). The molecule has 0 saturated heterocycles. The van der Waals surface area contributed by atoms with Crippen LogP contribution in [0.3, 0.4) is 0 Å². The maximum absolute atomic E-state index is 5.60. The number of thioether (sulfide) groups is 1. The van der Waals surface area contributed by atoms with E-state index < -0.39 is 0 Å². The number of nitrogens with one attached hydrogen (secondary N) is 1. The third-order valence-electron chi connectivity index (χ3n) is 3.24. The molecule has 20 heavy (non-hydrogen) atoms. The summed E-state index contributed by atoms with van der Waals surface area (Å²) in [5.41, 5.74) is 2.52. The monoisotopic (exact) mass is 287 g/mol. The second-order valence-electron chi connectivity index (χ2n) is 4.47. The Kier molecular flexibility index (Phi) is 5.50. The lowest BCUT2D eigenvalue weighted by molar-refractivity contribution is 0.339. The smallest absolute Gasteiger partial charge is 0.119 e. The molecule has 2 nitrogen and oxygen atoms in total. The van der Waals surface area contributed by atoms with E-state index in [0.717, 1.165) is 5.75 Å². The molecule has 3 heteroatoms. The van der Waals surface area contributed by atoms with Gasteiger partial charge in [-0.3, -0.25) is 0 Å². The van der Waals surface area contributed by atoms with Crippen molar-refractivity contribution in [3.63, 3.8) is 0 Å². The second-order valence-corrected chi connectivity index (χ2v) is 5.32. The lowest BCUT2D eigenvalue weighted by Gasteiger charge is -2.20. The quantitative estimate of drug-likeness (QED) is 0.808. The van der Waals surface area contributed by atoms with E-state index in [-0.39, 0.29) is 6.04 Å². The third kappa shape index (κ3) is 3.35. The van der Waals surface area contributed by atoms with Crippen molar-refractivity contribution < 1.29 is 4.74 Å². The van der Waals surface area contributed by atoms with Gasteiger partial charge >= 0.3 is 0 Å². The van der Waals surface area contributed by atoms with E-state index in [0.29, 0.717) is 6.61 Å². The molecule has 0 aliphatic rings. The maximum Gasteiger partial charge on any atom is 0.119 e. The highest BCUT2D eigenvalue weighted by atomic mass is 32.2. The van der Waals surface area contributed by atoms with Crippen molar-refractivity contribution in [3.05, 3.63) is 59.7 Å². The fourth-order valence-corrected chi connectivity index (χ4v) is 2.99. The first-order chi connectivity index (χ1) is 9.80. The Bertz CT molecular complexity index is 556. The molecule has 2 aromatic carbocycles. The van der Waals surface area contributed by atoms with Crippen molar-refractivity contribution in [2.45, 2.75) is 17.9 Å². The molecule has 0 fully saturated rings. The highest BCUT2D eigenvalue weighted by Gasteiger charge is 2.15. The van der Waals surface area contributed by atoms with Crippen LogP contribution in [0.2, 0.25) is 0 Å². The van der Waals surface area contributed by atoms with Crippen molar-refractivity contribution in [3.8, 4) is 5.75 Å². The largest absolute Gasteiger partial charge is 0.494 e. The minimum Gasteiger partial charge on any atom is -0.494 e. The first-order valence-corrected chi connectivity index (χ1v) is 8.05. The van der Waals surface area contributed by atoms with Gasteiger partial charge in [0.1, 0.15) is 5.75 Å². The van der Waals surface area contributed by atoms with Crippen LogP contribution in [-0.2, 0) is 0 Å². The Morgan fingerprint density at radius 1 is 1.15 bits per heavy atom. The Hall–Kier alpha value is -1.45. The van der Waals surface area contributed by atoms with Crippen LogP contribution >= 0.6 is 11.8 Å². The molecule has 1 unspecified atom stereocenters. The average molecular weight is 287 g/mol. The van der Waals surface area contributed by atoms with Crippen LogP contribution in [0.5, 0.6) is 5.75 Å². The fourth-order valence-electron chi connectivity index (χ4n) is 2.36. The standard InChI is InChI=1S/C17H21NOS/c1-4-19-14-9-7-8-13(12-14)17(18-2)15-10-5-6-11-16(15)20-3/h5-12,17-18H,4H2,1-3H3. The van der Waals surface area contributed by atoms with Crippen LogP contribution in [0.1, 0.15) is 24.1 Å². The molecule has 0 amide bonds. The molecule has 0 heterocycles. The van der Waals surface area contributed by atoms with Gasteiger partial charge in [-0.15, -0.1) is 11.8 Å². The van der Waals surface area contributed by atoms with E-state index in [9.17, 15) is 0 Å². The van der Waals surface area contributed by atoms with E-state index in [2.05, 4.69) is 48.0 Å². The van der Waals surface area contributed by atoms with Gasteiger partial charge in [0.25, 0.3) is 0 Å².